The van der Waals surface area contributed by atoms with Crippen molar-refractivity contribution in [1.82, 2.24) is 15.5 Å². The van der Waals surface area contributed by atoms with Gasteiger partial charge in [0.05, 0.1) is 0 Å². The Morgan fingerprint density at radius 3 is 2.17 bits per heavy atom. The van der Waals surface area contributed by atoms with Gasteiger partial charge in [0.1, 0.15) is 0 Å². The molecule has 8 heteroatoms. The van der Waals surface area contributed by atoms with E-state index in [1.165, 1.54) is 12.8 Å². The summed E-state index contributed by atoms with van der Waals surface area (Å²) in [6, 6.07) is 6.94. The van der Waals surface area contributed by atoms with Crippen molar-refractivity contribution in [2.45, 2.75) is 44.6 Å². The van der Waals surface area contributed by atoms with Crippen molar-refractivity contribution in [1.29, 1.82) is 0 Å². The molecule has 2 fully saturated rings. The molecule has 0 aromatic heterocycles. The number of rotatable bonds is 6. The summed E-state index contributed by atoms with van der Waals surface area (Å²) in [5.74, 6) is -0.0373. The number of hydrogen-bond acceptors (Lipinski definition) is 3. The van der Waals surface area contributed by atoms with Crippen LogP contribution in [0.1, 0.15) is 38.5 Å². The van der Waals surface area contributed by atoms with Crippen LogP contribution in [0.3, 0.4) is 0 Å². The highest BCUT2D eigenvalue weighted by Crippen LogP contribution is 2.20. The Kier molecular flexibility index (Phi) is 7.70. The van der Waals surface area contributed by atoms with Crippen LogP contribution < -0.4 is 21.3 Å². The van der Waals surface area contributed by atoms with Crippen LogP contribution in [0.4, 0.5) is 21.0 Å². The molecule has 1 aliphatic carbocycles. The van der Waals surface area contributed by atoms with E-state index in [0.717, 1.165) is 12.8 Å². The lowest BCUT2D eigenvalue weighted by molar-refractivity contribution is -0.126. The lowest BCUT2D eigenvalue weighted by Crippen LogP contribution is -2.44. The maximum absolute atomic E-state index is 12.5. The number of piperidine rings is 1. The number of urea groups is 2. The second-order valence-electron chi connectivity index (χ2n) is 7.88. The summed E-state index contributed by atoms with van der Waals surface area (Å²) in [4.78, 5) is 38.3. The molecule has 1 aromatic carbocycles. The van der Waals surface area contributed by atoms with Crippen molar-refractivity contribution in [3.05, 3.63) is 36.9 Å². The van der Waals surface area contributed by atoms with Crippen molar-refractivity contribution in [2.75, 3.05) is 30.3 Å². The number of nitrogens with one attached hydrogen (secondary N) is 4. The largest absolute Gasteiger partial charge is 0.352 e. The van der Waals surface area contributed by atoms with Crippen molar-refractivity contribution >= 4 is 29.3 Å². The van der Waals surface area contributed by atoms with Crippen molar-refractivity contribution < 1.29 is 14.4 Å². The topological polar surface area (TPSA) is 103 Å². The Labute approximate surface area is 177 Å². The van der Waals surface area contributed by atoms with E-state index < -0.39 is 0 Å². The molecule has 162 valence electrons. The quantitative estimate of drug-likeness (QED) is 0.538. The highest BCUT2D eigenvalue weighted by atomic mass is 16.2. The highest BCUT2D eigenvalue weighted by molar-refractivity contribution is 5.92. The van der Waals surface area contributed by atoms with Gasteiger partial charge in [-0.2, -0.15) is 0 Å². The van der Waals surface area contributed by atoms with Gasteiger partial charge in [0.15, 0.2) is 0 Å². The Bertz CT molecular complexity index is 751. The average Bonchev–Trinajstić information content (AvgIpc) is 3.26. The van der Waals surface area contributed by atoms with Crippen molar-refractivity contribution in [3.63, 3.8) is 0 Å². The third kappa shape index (κ3) is 6.23. The van der Waals surface area contributed by atoms with E-state index in [4.69, 9.17) is 0 Å². The monoisotopic (exact) mass is 413 g/mol. The molecule has 1 aliphatic heterocycles. The van der Waals surface area contributed by atoms with E-state index in [9.17, 15) is 14.4 Å². The number of nitrogens with zero attached hydrogens (tertiary/aromatic N) is 1. The van der Waals surface area contributed by atoms with Gasteiger partial charge >= 0.3 is 12.1 Å². The normalized spacial score (nSPS) is 17.3. The molecule has 2 aliphatic rings. The van der Waals surface area contributed by atoms with Crippen LogP contribution >= 0.6 is 0 Å². The minimum Gasteiger partial charge on any atom is -0.352 e. The fourth-order valence-corrected chi connectivity index (χ4v) is 3.92. The molecule has 1 heterocycles. The second-order valence-corrected chi connectivity index (χ2v) is 7.88. The average molecular weight is 414 g/mol. The van der Waals surface area contributed by atoms with Gasteiger partial charge in [0.2, 0.25) is 5.91 Å². The van der Waals surface area contributed by atoms with Crippen molar-refractivity contribution in [3.8, 4) is 0 Å². The van der Waals surface area contributed by atoms with Crippen LogP contribution in [0.5, 0.6) is 0 Å². The van der Waals surface area contributed by atoms with Crippen molar-refractivity contribution in [2.24, 2.45) is 5.92 Å². The predicted octanol–water partition coefficient (Wildman–Crippen LogP) is 3.30. The van der Waals surface area contributed by atoms with Crippen LogP contribution in [-0.4, -0.2) is 48.5 Å². The van der Waals surface area contributed by atoms with Crippen LogP contribution in [-0.2, 0) is 4.79 Å². The zero-order valence-corrected chi connectivity index (χ0v) is 17.3. The summed E-state index contributed by atoms with van der Waals surface area (Å²) in [6.45, 7) is 5.14. The van der Waals surface area contributed by atoms with Gasteiger partial charge in [-0.1, -0.05) is 18.9 Å². The first-order chi connectivity index (χ1) is 14.5. The molecule has 4 N–H and O–H groups in total. The van der Waals surface area contributed by atoms with Gasteiger partial charge in [-0.3, -0.25) is 4.79 Å². The number of anilines is 2. The van der Waals surface area contributed by atoms with Crippen LogP contribution in [0.15, 0.2) is 36.9 Å². The fraction of sp³-hybridized carbons (Fsp3) is 0.500. The lowest BCUT2D eigenvalue weighted by Gasteiger charge is -2.31. The van der Waals surface area contributed by atoms with Gasteiger partial charge in [0.25, 0.3) is 0 Å². The first kappa shape index (κ1) is 21.7. The summed E-state index contributed by atoms with van der Waals surface area (Å²) in [7, 11) is 0. The number of amides is 5. The first-order valence-electron chi connectivity index (χ1n) is 10.7. The molecule has 30 heavy (non-hydrogen) atoms. The molecular weight excluding hydrogens is 382 g/mol. The maximum atomic E-state index is 12.5. The smallest absolute Gasteiger partial charge is 0.321 e. The molecule has 0 atom stereocenters. The molecule has 0 unspecified atom stereocenters. The molecule has 3 rings (SSSR count). The number of carbonyl (C=O) groups is 3. The Morgan fingerprint density at radius 2 is 1.57 bits per heavy atom. The summed E-state index contributed by atoms with van der Waals surface area (Å²) in [5, 5.41) is 11.5. The van der Waals surface area contributed by atoms with Gasteiger partial charge in [0, 0.05) is 43.0 Å². The maximum Gasteiger partial charge on any atom is 0.321 e. The summed E-state index contributed by atoms with van der Waals surface area (Å²) in [6.07, 6.45) is 7.36. The van der Waals surface area contributed by atoms with E-state index in [0.29, 0.717) is 43.9 Å². The lowest BCUT2D eigenvalue weighted by atomic mass is 9.96. The summed E-state index contributed by atoms with van der Waals surface area (Å²) < 4.78 is 0. The molecular formula is C22H31N5O3. The second kappa shape index (κ2) is 10.7. The molecule has 0 spiro atoms. The Hall–Kier alpha value is -3.03. The SMILES string of the molecule is C=CCNC(=O)C1CCN(C(=O)Nc2ccc(NC(=O)NC3CCCC3)cc2)CC1. The molecule has 8 nitrogen and oxygen atoms in total. The highest BCUT2D eigenvalue weighted by Gasteiger charge is 2.27. The minimum atomic E-state index is -0.196. The molecule has 0 bridgehead atoms. The van der Waals surface area contributed by atoms with Crippen LogP contribution in [0.2, 0.25) is 0 Å². The summed E-state index contributed by atoms with van der Waals surface area (Å²) >= 11 is 0. The zero-order chi connectivity index (χ0) is 21.3. The van der Waals surface area contributed by atoms with Crippen LogP contribution in [0, 0.1) is 5.92 Å². The Balaban J connectivity index is 1.41. The number of hydrogen-bond donors (Lipinski definition) is 4. The molecule has 1 saturated carbocycles. The minimum absolute atomic E-state index is 0.0232. The van der Waals surface area contributed by atoms with Gasteiger partial charge in [-0.15, -0.1) is 6.58 Å². The third-order valence-electron chi connectivity index (χ3n) is 5.66. The number of likely N-dealkylation sites (tertiary alicyclic amines) is 1. The van der Waals surface area contributed by atoms with E-state index >= 15 is 0 Å². The third-order valence-corrected chi connectivity index (χ3v) is 5.66. The van der Waals surface area contributed by atoms with E-state index in [-0.39, 0.29) is 29.9 Å². The van der Waals surface area contributed by atoms with Gasteiger partial charge in [-0.25, -0.2) is 9.59 Å². The molecule has 5 amide bonds. The van der Waals surface area contributed by atoms with Gasteiger partial charge < -0.3 is 26.2 Å². The summed E-state index contributed by atoms with van der Waals surface area (Å²) in [5.41, 5.74) is 1.34. The molecule has 1 saturated heterocycles. The first-order valence-corrected chi connectivity index (χ1v) is 10.7. The predicted molar refractivity (Wildman–Crippen MR) is 117 cm³/mol. The van der Waals surface area contributed by atoms with E-state index in [1.807, 2.05) is 0 Å². The Morgan fingerprint density at radius 1 is 0.967 bits per heavy atom. The zero-order valence-electron chi connectivity index (χ0n) is 17.3. The number of benzene rings is 1. The van der Waals surface area contributed by atoms with Crippen LogP contribution in [0.25, 0.3) is 0 Å². The molecule has 0 radical (unpaired) electrons. The molecule has 1 aromatic rings. The number of carbonyl (C=O) groups excluding carboxylic acids is 3. The van der Waals surface area contributed by atoms with E-state index in [2.05, 4.69) is 27.8 Å². The van der Waals surface area contributed by atoms with Gasteiger partial charge in [-0.05, 0) is 49.9 Å². The fourth-order valence-electron chi connectivity index (χ4n) is 3.92. The standard InChI is InChI=1S/C22H31N5O3/c1-2-13-23-20(28)16-11-14-27(15-12-16)22(30)26-19-9-7-18(8-10-19)25-21(29)24-17-5-3-4-6-17/h2,7-10,16-17H,1,3-6,11-15H2,(H,23,28)(H,26,30)(H2,24,25,29). The van der Waals surface area contributed by atoms with E-state index in [1.54, 1.807) is 35.2 Å².